The van der Waals surface area contributed by atoms with E-state index in [1.807, 2.05) is 33.2 Å². The smallest absolute Gasteiger partial charge is 0.193 e. The molecular formula is C20H29ClIN5S. The molecule has 0 bridgehead atoms. The van der Waals surface area contributed by atoms with Crippen molar-refractivity contribution in [3.8, 4) is 0 Å². The summed E-state index contributed by atoms with van der Waals surface area (Å²) >= 11 is 7.93. The second kappa shape index (κ2) is 11.3. The van der Waals surface area contributed by atoms with Gasteiger partial charge in [0.25, 0.3) is 0 Å². The van der Waals surface area contributed by atoms with Crippen molar-refractivity contribution < 1.29 is 0 Å². The van der Waals surface area contributed by atoms with Gasteiger partial charge in [-0.2, -0.15) is 0 Å². The maximum Gasteiger partial charge on any atom is 0.193 e. The highest BCUT2D eigenvalue weighted by Gasteiger charge is 2.24. The molecule has 0 spiro atoms. The molecule has 2 heterocycles. The number of halogens is 2. The topological polar surface area (TPSA) is 43.8 Å². The Morgan fingerprint density at radius 1 is 1.39 bits per heavy atom. The second-order valence-electron chi connectivity index (χ2n) is 6.96. The van der Waals surface area contributed by atoms with Gasteiger partial charge < -0.3 is 10.2 Å². The number of aromatic nitrogens is 1. The summed E-state index contributed by atoms with van der Waals surface area (Å²) in [5.74, 6) is 0.881. The van der Waals surface area contributed by atoms with Crippen molar-refractivity contribution in [3.63, 3.8) is 0 Å². The van der Waals surface area contributed by atoms with Crippen molar-refractivity contribution in [1.82, 2.24) is 20.1 Å². The van der Waals surface area contributed by atoms with Gasteiger partial charge in [-0.25, -0.2) is 4.98 Å². The summed E-state index contributed by atoms with van der Waals surface area (Å²) in [7, 11) is 3.88. The highest BCUT2D eigenvalue weighted by molar-refractivity contribution is 14.0. The zero-order chi connectivity index (χ0) is 19.2. The monoisotopic (exact) mass is 533 g/mol. The van der Waals surface area contributed by atoms with E-state index in [0.717, 1.165) is 47.9 Å². The highest BCUT2D eigenvalue weighted by atomic mass is 127. The molecule has 1 aromatic heterocycles. The van der Waals surface area contributed by atoms with E-state index in [2.05, 4.69) is 42.6 Å². The fourth-order valence-electron chi connectivity index (χ4n) is 3.60. The van der Waals surface area contributed by atoms with Crippen LogP contribution >= 0.6 is 46.9 Å². The molecule has 1 unspecified atom stereocenters. The molecule has 1 aromatic carbocycles. The zero-order valence-corrected chi connectivity index (χ0v) is 20.6. The lowest BCUT2D eigenvalue weighted by molar-refractivity contribution is 0.244. The number of nitrogens with zero attached hydrogens (tertiary/aromatic N) is 4. The van der Waals surface area contributed by atoms with E-state index in [1.54, 1.807) is 11.3 Å². The van der Waals surface area contributed by atoms with Crippen molar-refractivity contribution in [2.45, 2.75) is 32.4 Å². The van der Waals surface area contributed by atoms with Crippen LogP contribution in [0.2, 0.25) is 5.02 Å². The summed E-state index contributed by atoms with van der Waals surface area (Å²) in [6.07, 6.45) is 2.52. The fourth-order valence-corrected chi connectivity index (χ4v) is 4.40. The number of aliphatic imine (C=N–C) groups is 1. The van der Waals surface area contributed by atoms with Crippen LogP contribution in [0.3, 0.4) is 0 Å². The molecule has 1 fully saturated rings. The molecule has 0 radical (unpaired) electrons. The molecule has 2 aromatic rings. The third kappa shape index (κ3) is 6.30. The van der Waals surface area contributed by atoms with Crippen LogP contribution < -0.4 is 5.32 Å². The zero-order valence-electron chi connectivity index (χ0n) is 16.7. The SMILES string of the molecule is CN=C(NCC(c1cccc(Cl)c1)N1CCCC1)N(C)Cc1csc(C)n1.I. The molecule has 8 heteroatoms. The maximum atomic E-state index is 6.25. The first kappa shape index (κ1) is 23.4. The number of hydrogen-bond donors (Lipinski definition) is 1. The summed E-state index contributed by atoms with van der Waals surface area (Å²) in [5, 5.41) is 7.55. The van der Waals surface area contributed by atoms with Gasteiger partial charge in [-0.3, -0.25) is 9.89 Å². The number of hydrogen-bond acceptors (Lipinski definition) is 4. The molecule has 1 aliphatic rings. The van der Waals surface area contributed by atoms with E-state index >= 15 is 0 Å². The van der Waals surface area contributed by atoms with Gasteiger partial charge in [0.05, 0.1) is 23.3 Å². The average molecular weight is 534 g/mol. The fraction of sp³-hybridized carbons (Fsp3) is 0.500. The summed E-state index contributed by atoms with van der Waals surface area (Å²) in [6.45, 7) is 5.84. The van der Waals surface area contributed by atoms with Crippen molar-refractivity contribution in [3.05, 3.63) is 50.9 Å². The van der Waals surface area contributed by atoms with E-state index in [1.165, 1.54) is 18.4 Å². The summed E-state index contributed by atoms with van der Waals surface area (Å²) in [5.41, 5.74) is 2.33. The van der Waals surface area contributed by atoms with Crippen molar-refractivity contribution in [1.29, 1.82) is 0 Å². The van der Waals surface area contributed by atoms with Gasteiger partial charge in [0.15, 0.2) is 5.96 Å². The lowest BCUT2D eigenvalue weighted by atomic mass is 10.1. The van der Waals surface area contributed by atoms with Crippen LogP contribution in [0.25, 0.3) is 0 Å². The minimum absolute atomic E-state index is 0. The van der Waals surface area contributed by atoms with E-state index < -0.39 is 0 Å². The number of benzene rings is 1. The normalized spacial score (nSPS) is 15.9. The molecule has 1 aliphatic heterocycles. The molecule has 0 amide bonds. The Morgan fingerprint density at radius 3 is 2.75 bits per heavy atom. The summed E-state index contributed by atoms with van der Waals surface area (Å²) in [4.78, 5) is 13.7. The van der Waals surface area contributed by atoms with Crippen molar-refractivity contribution >= 4 is 52.9 Å². The molecule has 3 rings (SSSR count). The number of aryl methyl sites for hydroxylation is 1. The van der Waals surface area contributed by atoms with Gasteiger partial charge in [0.1, 0.15) is 0 Å². The molecule has 0 saturated carbocycles. The Morgan fingerprint density at radius 2 is 2.14 bits per heavy atom. The Hall–Kier alpha value is -0.900. The molecule has 28 heavy (non-hydrogen) atoms. The minimum Gasteiger partial charge on any atom is -0.354 e. The predicted molar refractivity (Wildman–Crippen MR) is 130 cm³/mol. The lowest BCUT2D eigenvalue weighted by Crippen LogP contribution is -2.43. The van der Waals surface area contributed by atoms with E-state index in [-0.39, 0.29) is 30.0 Å². The number of nitrogens with one attached hydrogen (secondary N) is 1. The molecule has 0 aliphatic carbocycles. The predicted octanol–water partition coefficient (Wildman–Crippen LogP) is 4.57. The maximum absolute atomic E-state index is 6.25. The molecule has 154 valence electrons. The Balaban J connectivity index is 0.00000280. The molecular weight excluding hydrogens is 505 g/mol. The van der Waals surface area contributed by atoms with Gasteiger partial charge in [-0.1, -0.05) is 23.7 Å². The highest BCUT2D eigenvalue weighted by Crippen LogP contribution is 2.26. The standard InChI is InChI=1S/C20H28ClN5S.HI/c1-15-24-18(14-27-15)13-25(3)20(22-2)23-12-19(26-9-4-5-10-26)16-7-6-8-17(21)11-16;/h6-8,11,14,19H,4-5,9-10,12-13H2,1-3H3,(H,22,23);1H. The average Bonchev–Trinajstić information content (AvgIpc) is 3.31. The first-order chi connectivity index (χ1) is 13.1. The van der Waals surface area contributed by atoms with E-state index in [0.29, 0.717) is 0 Å². The van der Waals surface area contributed by atoms with Gasteiger partial charge >= 0.3 is 0 Å². The van der Waals surface area contributed by atoms with Crippen LogP contribution in [-0.4, -0.2) is 54.5 Å². The third-order valence-electron chi connectivity index (χ3n) is 4.91. The number of guanidine groups is 1. The van der Waals surface area contributed by atoms with Crippen molar-refractivity contribution in [2.24, 2.45) is 4.99 Å². The minimum atomic E-state index is 0. The van der Waals surface area contributed by atoms with Crippen LogP contribution in [-0.2, 0) is 6.54 Å². The van der Waals surface area contributed by atoms with Gasteiger partial charge in [-0.05, 0) is 50.6 Å². The summed E-state index contributed by atoms with van der Waals surface area (Å²) in [6, 6.07) is 8.50. The van der Waals surface area contributed by atoms with E-state index in [4.69, 9.17) is 11.6 Å². The Kier molecular flexibility index (Phi) is 9.46. The molecule has 5 nitrogen and oxygen atoms in total. The lowest BCUT2D eigenvalue weighted by Gasteiger charge is -2.30. The van der Waals surface area contributed by atoms with Crippen LogP contribution in [0.5, 0.6) is 0 Å². The molecule has 1 N–H and O–H groups in total. The number of likely N-dealkylation sites (tertiary alicyclic amines) is 1. The van der Waals surface area contributed by atoms with Crippen LogP contribution in [0, 0.1) is 6.92 Å². The Labute approximate surface area is 194 Å². The van der Waals surface area contributed by atoms with Gasteiger partial charge in [0, 0.05) is 31.0 Å². The van der Waals surface area contributed by atoms with Crippen LogP contribution in [0.15, 0.2) is 34.6 Å². The van der Waals surface area contributed by atoms with Crippen LogP contribution in [0.4, 0.5) is 0 Å². The summed E-state index contributed by atoms with van der Waals surface area (Å²) < 4.78 is 0. The Bertz CT molecular complexity index is 775. The molecule has 1 atom stereocenters. The van der Waals surface area contributed by atoms with Crippen molar-refractivity contribution in [2.75, 3.05) is 33.7 Å². The first-order valence-electron chi connectivity index (χ1n) is 9.39. The first-order valence-corrected chi connectivity index (χ1v) is 10.6. The van der Waals surface area contributed by atoms with E-state index in [9.17, 15) is 0 Å². The number of thiazole rings is 1. The largest absolute Gasteiger partial charge is 0.354 e. The number of rotatable bonds is 6. The van der Waals surface area contributed by atoms with Gasteiger partial charge in [0.2, 0.25) is 0 Å². The van der Waals surface area contributed by atoms with Gasteiger partial charge in [-0.15, -0.1) is 35.3 Å². The van der Waals surface area contributed by atoms with Crippen LogP contribution in [0.1, 0.15) is 35.1 Å². The second-order valence-corrected chi connectivity index (χ2v) is 8.45. The third-order valence-corrected chi connectivity index (χ3v) is 5.96. The molecule has 1 saturated heterocycles. The quantitative estimate of drug-likeness (QED) is 0.336.